The molecule has 0 spiro atoms. The summed E-state index contributed by atoms with van der Waals surface area (Å²) in [7, 11) is -1.27. The van der Waals surface area contributed by atoms with E-state index >= 15 is 0 Å². The minimum atomic E-state index is -1.27. The zero-order chi connectivity index (χ0) is 7.65. The van der Waals surface area contributed by atoms with Crippen LogP contribution < -0.4 is 0 Å². The highest BCUT2D eigenvalue weighted by Crippen LogP contribution is 2.15. The van der Waals surface area contributed by atoms with Gasteiger partial charge in [0.25, 0.3) is 0 Å². The molecule has 2 heteroatoms. The Morgan fingerprint density at radius 2 is 1.78 bits per heavy atom. The van der Waals surface area contributed by atoms with Crippen molar-refractivity contribution in [2.45, 2.75) is 32.7 Å². The summed E-state index contributed by atoms with van der Waals surface area (Å²) < 4.78 is 0. The van der Waals surface area contributed by atoms with Crippen LogP contribution in [-0.4, -0.2) is 19.3 Å². The molecule has 1 nitrogen and oxygen atoms in total. The first-order chi connectivity index (χ1) is 3.85. The number of rotatable bonds is 2. The van der Waals surface area contributed by atoms with Crippen molar-refractivity contribution in [1.29, 1.82) is 0 Å². The normalized spacial score (nSPS) is 15.2. The zero-order valence-electron chi connectivity index (χ0n) is 6.73. The quantitative estimate of drug-likeness (QED) is 0.586. The standard InChI is InChI=1S/C7H16OSi/c1-6(8)7(2)9(3,4)5/h6,8H,2H2,1,3-5H3/t6-/m1/s1. The van der Waals surface area contributed by atoms with E-state index in [0.717, 1.165) is 5.20 Å². The summed E-state index contributed by atoms with van der Waals surface area (Å²) in [5.41, 5.74) is 0. The number of hydrogen-bond acceptors (Lipinski definition) is 1. The van der Waals surface area contributed by atoms with Gasteiger partial charge in [0.05, 0.1) is 14.2 Å². The summed E-state index contributed by atoms with van der Waals surface area (Å²) >= 11 is 0. The van der Waals surface area contributed by atoms with E-state index in [0.29, 0.717) is 0 Å². The molecule has 0 aliphatic carbocycles. The van der Waals surface area contributed by atoms with Crippen LogP contribution in [0, 0.1) is 0 Å². The van der Waals surface area contributed by atoms with E-state index in [-0.39, 0.29) is 6.10 Å². The average Bonchev–Trinajstić information content (AvgIpc) is 1.62. The molecule has 1 atom stereocenters. The van der Waals surface area contributed by atoms with Crippen LogP contribution in [0.1, 0.15) is 6.92 Å². The molecule has 0 aromatic carbocycles. The van der Waals surface area contributed by atoms with E-state index in [1.807, 2.05) is 0 Å². The van der Waals surface area contributed by atoms with Gasteiger partial charge in [-0.2, -0.15) is 0 Å². The van der Waals surface area contributed by atoms with Crippen molar-refractivity contribution in [3.8, 4) is 0 Å². The van der Waals surface area contributed by atoms with Gasteiger partial charge in [-0.15, -0.1) is 6.58 Å². The second kappa shape index (κ2) is 2.67. The molecular formula is C7H16OSi. The lowest BCUT2D eigenvalue weighted by Gasteiger charge is -2.21. The van der Waals surface area contributed by atoms with E-state index < -0.39 is 8.07 Å². The van der Waals surface area contributed by atoms with Crippen LogP contribution in [0.2, 0.25) is 19.6 Å². The van der Waals surface area contributed by atoms with Crippen LogP contribution >= 0.6 is 0 Å². The van der Waals surface area contributed by atoms with Gasteiger partial charge in [-0.3, -0.25) is 0 Å². The van der Waals surface area contributed by atoms with Gasteiger partial charge >= 0.3 is 0 Å². The van der Waals surface area contributed by atoms with Gasteiger partial charge in [-0.05, 0) is 6.92 Å². The van der Waals surface area contributed by atoms with Crippen molar-refractivity contribution in [2.24, 2.45) is 0 Å². The molecule has 0 saturated carbocycles. The van der Waals surface area contributed by atoms with E-state index in [4.69, 9.17) is 5.11 Å². The Kier molecular flexibility index (Phi) is 2.64. The summed E-state index contributed by atoms with van der Waals surface area (Å²) in [4.78, 5) is 0. The molecule has 54 valence electrons. The molecule has 0 aliphatic heterocycles. The Morgan fingerprint density at radius 1 is 1.44 bits per heavy atom. The molecule has 0 bridgehead atoms. The molecule has 0 radical (unpaired) electrons. The van der Waals surface area contributed by atoms with Gasteiger partial charge in [0.1, 0.15) is 0 Å². The Morgan fingerprint density at radius 3 is 1.78 bits per heavy atom. The van der Waals surface area contributed by atoms with Crippen LogP contribution in [0.4, 0.5) is 0 Å². The van der Waals surface area contributed by atoms with Crippen LogP contribution in [0.5, 0.6) is 0 Å². The Labute approximate surface area is 58.4 Å². The van der Waals surface area contributed by atoms with Crippen molar-refractivity contribution in [2.75, 3.05) is 0 Å². The highest BCUT2D eigenvalue weighted by Gasteiger charge is 2.20. The Hall–Kier alpha value is -0.0831. The third kappa shape index (κ3) is 2.82. The van der Waals surface area contributed by atoms with E-state index in [9.17, 15) is 0 Å². The molecule has 0 aliphatic rings. The fourth-order valence-corrected chi connectivity index (χ4v) is 1.88. The van der Waals surface area contributed by atoms with Gasteiger partial charge in [0, 0.05) is 0 Å². The predicted octanol–water partition coefficient (Wildman–Crippen LogP) is 1.80. The summed E-state index contributed by atoms with van der Waals surface area (Å²) in [6, 6.07) is 0. The molecular weight excluding hydrogens is 128 g/mol. The first-order valence-electron chi connectivity index (χ1n) is 3.23. The molecule has 1 N–H and O–H groups in total. The van der Waals surface area contributed by atoms with E-state index in [2.05, 4.69) is 26.2 Å². The van der Waals surface area contributed by atoms with Gasteiger partial charge in [0.15, 0.2) is 0 Å². The molecule has 0 amide bonds. The summed E-state index contributed by atoms with van der Waals surface area (Å²) in [5.74, 6) is 0. The molecule has 0 aromatic heterocycles. The first kappa shape index (κ1) is 8.92. The maximum Gasteiger partial charge on any atom is 0.0750 e. The Bertz CT molecular complexity index is 111. The lowest BCUT2D eigenvalue weighted by atomic mass is 10.4. The number of aliphatic hydroxyl groups excluding tert-OH is 1. The minimum Gasteiger partial charge on any atom is -0.389 e. The summed E-state index contributed by atoms with van der Waals surface area (Å²) in [6.07, 6.45) is -0.323. The van der Waals surface area contributed by atoms with Gasteiger partial charge in [0.2, 0.25) is 0 Å². The summed E-state index contributed by atoms with van der Waals surface area (Å²) in [5, 5.41) is 10.1. The predicted molar refractivity (Wildman–Crippen MR) is 44.2 cm³/mol. The SMILES string of the molecule is C=C([C@@H](C)O)[Si](C)(C)C. The topological polar surface area (TPSA) is 20.2 Å². The smallest absolute Gasteiger partial charge is 0.0750 e. The monoisotopic (exact) mass is 144 g/mol. The summed E-state index contributed by atoms with van der Waals surface area (Å²) in [6.45, 7) is 12.2. The lowest BCUT2D eigenvalue weighted by molar-refractivity contribution is 0.238. The van der Waals surface area contributed by atoms with Gasteiger partial charge in [-0.1, -0.05) is 24.8 Å². The van der Waals surface area contributed by atoms with Gasteiger partial charge in [-0.25, -0.2) is 0 Å². The highest BCUT2D eigenvalue weighted by molar-refractivity contribution is 6.83. The largest absolute Gasteiger partial charge is 0.389 e. The van der Waals surface area contributed by atoms with Crippen molar-refractivity contribution in [3.63, 3.8) is 0 Å². The molecule has 0 heterocycles. The van der Waals surface area contributed by atoms with E-state index in [1.54, 1.807) is 6.92 Å². The second-order valence-electron chi connectivity index (χ2n) is 3.45. The van der Waals surface area contributed by atoms with Crippen LogP contribution in [0.3, 0.4) is 0 Å². The molecule has 9 heavy (non-hydrogen) atoms. The molecule has 0 unspecified atom stereocenters. The van der Waals surface area contributed by atoms with Crippen LogP contribution in [0.15, 0.2) is 11.8 Å². The molecule has 0 fully saturated rings. The fourth-order valence-electron chi connectivity index (χ4n) is 0.627. The van der Waals surface area contributed by atoms with Crippen LogP contribution in [-0.2, 0) is 0 Å². The minimum absolute atomic E-state index is 0.323. The Balaban J connectivity index is 4.06. The maximum atomic E-state index is 9.09. The maximum absolute atomic E-state index is 9.09. The average molecular weight is 144 g/mol. The molecule has 0 saturated heterocycles. The highest BCUT2D eigenvalue weighted by atomic mass is 28.3. The van der Waals surface area contributed by atoms with Crippen molar-refractivity contribution in [1.82, 2.24) is 0 Å². The third-order valence-electron chi connectivity index (χ3n) is 1.47. The van der Waals surface area contributed by atoms with E-state index in [1.165, 1.54) is 0 Å². The molecule has 0 rings (SSSR count). The van der Waals surface area contributed by atoms with Crippen molar-refractivity contribution < 1.29 is 5.11 Å². The number of hydrogen-bond donors (Lipinski definition) is 1. The first-order valence-corrected chi connectivity index (χ1v) is 6.73. The fraction of sp³-hybridized carbons (Fsp3) is 0.714. The van der Waals surface area contributed by atoms with Crippen LogP contribution in [0.25, 0.3) is 0 Å². The van der Waals surface area contributed by atoms with Crippen molar-refractivity contribution in [3.05, 3.63) is 11.8 Å². The second-order valence-corrected chi connectivity index (χ2v) is 8.59. The lowest BCUT2D eigenvalue weighted by Crippen LogP contribution is -2.29. The third-order valence-corrected chi connectivity index (χ3v) is 3.81. The molecule has 0 aromatic rings. The zero-order valence-corrected chi connectivity index (χ0v) is 7.73. The number of aliphatic hydroxyl groups is 1. The van der Waals surface area contributed by atoms with Gasteiger partial charge < -0.3 is 5.11 Å². The van der Waals surface area contributed by atoms with Crippen molar-refractivity contribution >= 4 is 8.07 Å².